The predicted molar refractivity (Wildman–Crippen MR) is 69.0 cm³/mol. The number of nitrogens with zero attached hydrogens (tertiary/aromatic N) is 1. The van der Waals surface area contributed by atoms with Gasteiger partial charge in [0, 0.05) is 16.6 Å². The minimum absolute atomic E-state index is 0.206. The fraction of sp³-hybridized carbons (Fsp3) is 0.0909. The predicted octanol–water partition coefficient (Wildman–Crippen LogP) is 1.39. The van der Waals surface area contributed by atoms with Gasteiger partial charge < -0.3 is 16.5 Å². The van der Waals surface area contributed by atoms with E-state index in [1.807, 2.05) is 25.1 Å². The van der Waals surface area contributed by atoms with Gasteiger partial charge in [0.2, 0.25) is 0 Å². The highest BCUT2D eigenvalue weighted by molar-refractivity contribution is 7.99. The lowest BCUT2D eigenvalue weighted by Crippen LogP contribution is -2.09. The molecule has 88 valence electrons. The van der Waals surface area contributed by atoms with Crippen LogP contribution in [0.5, 0.6) is 0 Å². The van der Waals surface area contributed by atoms with Crippen molar-refractivity contribution in [1.29, 1.82) is 0 Å². The number of hydrogen-bond donors (Lipinski definition) is 3. The van der Waals surface area contributed by atoms with E-state index in [2.05, 4.69) is 9.97 Å². The van der Waals surface area contributed by atoms with E-state index in [0.717, 1.165) is 10.5 Å². The van der Waals surface area contributed by atoms with Crippen LogP contribution in [0.3, 0.4) is 0 Å². The Morgan fingerprint density at radius 1 is 1.29 bits per heavy atom. The molecule has 0 unspecified atom stereocenters. The van der Waals surface area contributed by atoms with Crippen molar-refractivity contribution in [2.24, 2.45) is 0 Å². The fourth-order valence-electron chi connectivity index (χ4n) is 1.33. The number of H-pyrrole nitrogens is 1. The van der Waals surface area contributed by atoms with E-state index in [9.17, 15) is 4.79 Å². The first kappa shape index (κ1) is 11.5. The molecule has 1 aromatic carbocycles. The Balaban J connectivity index is 2.37. The molecule has 2 aromatic rings. The molecular weight excluding hydrogens is 236 g/mol. The lowest BCUT2D eigenvalue weighted by Gasteiger charge is -2.05. The summed E-state index contributed by atoms with van der Waals surface area (Å²) in [6.07, 6.45) is 0. The van der Waals surface area contributed by atoms with Crippen LogP contribution < -0.4 is 17.0 Å². The maximum absolute atomic E-state index is 11.2. The molecule has 0 saturated carbocycles. The summed E-state index contributed by atoms with van der Waals surface area (Å²) < 4.78 is 0. The molecule has 2 rings (SSSR count). The molecule has 1 aromatic heterocycles. The van der Waals surface area contributed by atoms with Gasteiger partial charge in [-0.1, -0.05) is 17.8 Å². The van der Waals surface area contributed by atoms with E-state index in [1.54, 1.807) is 0 Å². The van der Waals surface area contributed by atoms with Gasteiger partial charge in [0.25, 0.3) is 5.56 Å². The molecule has 5 nitrogen and oxygen atoms in total. The Bertz CT molecular complexity index is 609. The number of nitrogen functional groups attached to an aromatic ring is 2. The van der Waals surface area contributed by atoms with Crippen LogP contribution >= 0.6 is 11.8 Å². The quantitative estimate of drug-likeness (QED) is 0.551. The summed E-state index contributed by atoms with van der Waals surface area (Å²) in [5.41, 5.74) is 12.7. The van der Waals surface area contributed by atoms with Gasteiger partial charge in [-0.15, -0.1) is 0 Å². The highest BCUT2D eigenvalue weighted by Gasteiger charge is 2.05. The number of aryl methyl sites for hydroxylation is 1. The molecule has 0 atom stereocenters. The first-order valence-corrected chi connectivity index (χ1v) is 5.77. The molecule has 0 amide bonds. The monoisotopic (exact) mass is 248 g/mol. The minimum atomic E-state index is -0.262. The largest absolute Gasteiger partial charge is 0.399 e. The Hall–Kier alpha value is -1.95. The van der Waals surface area contributed by atoms with Crippen molar-refractivity contribution in [3.63, 3.8) is 0 Å². The summed E-state index contributed by atoms with van der Waals surface area (Å²) in [6, 6.07) is 6.83. The van der Waals surface area contributed by atoms with Gasteiger partial charge in [0.15, 0.2) is 5.16 Å². The van der Waals surface area contributed by atoms with Gasteiger partial charge in [0.05, 0.1) is 0 Å². The number of hydrogen-bond acceptors (Lipinski definition) is 5. The number of nitrogens with two attached hydrogens (primary N) is 2. The topological polar surface area (TPSA) is 97.8 Å². The highest BCUT2D eigenvalue weighted by atomic mass is 32.2. The van der Waals surface area contributed by atoms with Crippen LogP contribution in [-0.2, 0) is 0 Å². The Kier molecular flexibility index (Phi) is 3.06. The SMILES string of the molecule is Cc1ccc(N)cc1Sc1nc(N)cc(=O)[nH]1. The second kappa shape index (κ2) is 4.50. The van der Waals surface area contributed by atoms with Gasteiger partial charge in [-0.05, 0) is 24.6 Å². The standard InChI is InChI=1S/C11H12N4OS/c1-6-2-3-7(12)4-8(6)17-11-14-9(13)5-10(16)15-11/h2-5H,12H2,1H3,(H3,13,14,15,16). The number of anilines is 2. The summed E-state index contributed by atoms with van der Waals surface area (Å²) >= 11 is 1.33. The van der Waals surface area contributed by atoms with E-state index < -0.39 is 0 Å². The van der Waals surface area contributed by atoms with Crippen LogP contribution in [-0.4, -0.2) is 9.97 Å². The molecule has 0 fully saturated rings. The molecule has 5 N–H and O–H groups in total. The minimum Gasteiger partial charge on any atom is -0.399 e. The molecule has 0 aliphatic carbocycles. The van der Waals surface area contributed by atoms with Crippen LogP contribution in [0.2, 0.25) is 0 Å². The zero-order valence-electron chi connectivity index (χ0n) is 9.23. The van der Waals surface area contributed by atoms with Crippen molar-refractivity contribution >= 4 is 23.3 Å². The third-order valence-electron chi connectivity index (χ3n) is 2.16. The Morgan fingerprint density at radius 3 is 2.76 bits per heavy atom. The molecule has 1 heterocycles. The number of nitrogens with one attached hydrogen (secondary N) is 1. The summed E-state index contributed by atoms with van der Waals surface area (Å²) in [5, 5.41) is 0.462. The van der Waals surface area contributed by atoms with Gasteiger partial charge in [-0.3, -0.25) is 4.79 Å². The average Bonchev–Trinajstić information content (AvgIpc) is 2.22. The molecule has 0 spiro atoms. The number of aromatic nitrogens is 2. The molecule has 6 heteroatoms. The van der Waals surface area contributed by atoms with Crippen LogP contribution in [0, 0.1) is 6.92 Å². The molecule has 17 heavy (non-hydrogen) atoms. The van der Waals surface area contributed by atoms with Gasteiger partial charge in [0.1, 0.15) is 5.82 Å². The number of aromatic amines is 1. The molecule has 0 aliphatic rings. The van der Waals surface area contributed by atoms with Crippen molar-refractivity contribution in [3.8, 4) is 0 Å². The maximum atomic E-state index is 11.2. The summed E-state index contributed by atoms with van der Waals surface area (Å²) in [5.74, 6) is 0.206. The van der Waals surface area contributed by atoms with Crippen LogP contribution in [0.15, 0.2) is 39.1 Å². The fourth-order valence-corrected chi connectivity index (χ4v) is 2.27. The summed E-state index contributed by atoms with van der Waals surface area (Å²) in [7, 11) is 0. The lowest BCUT2D eigenvalue weighted by atomic mass is 10.2. The normalized spacial score (nSPS) is 10.4. The second-order valence-corrected chi connectivity index (χ2v) is 4.63. The van der Waals surface area contributed by atoms with Crippen LogP contribution in [0.25, 0.3) is 0 Å². The Labute approximate surface area is 102 Å². The van der Waals surface area contributed by atoms with Crippen LogP contribution in [0.1, 0.15) is 5.56 Å². The second-order valence-electron chi connectivity index (χ2n) is 3.60. The lowest BCUT2D eigenvalue weighted by molar-refractivity contribution is 0.944. The van der Waals surface area contributed by atoms with Crippen molar-refractivity contribution in [2.45, 2.75) is 17.0 Å². The third-order valence-corrected chi connectivity index (χ3v) is 3.21. The highest BCUT2D eigenvalue weighted by Crippen LogP contribution is 2.28. The Morgan fingerprint density at radius 2 is 2.06 bits per heavy atom. The molecule has 0 saturated heterocycles. The van der Waals surface area contributed by atoms with E-state index in [0.29, 0.717) is 10.8 Å². The third kappa shape index (κ3) is 2.79. The van der Waals surface area contributed by atoms with E-state index >= 15 is 0 Å². The molecular formula is C11H12N4OS. The number of benzene rings is 1. The smallest absolute Gasteiger partial charge is 0.253 e. The zero-order chi connectivity index (χ0) is 12.4. The molecule has 0 radical (unpaired) electrons. The summed E-state index contributed by atoms with van der Waals surface area (Å²) in [6.45, 7) is 1.96. The first-order valence-electron chi connectivity index (χ1n) is 4.95. The van der Waals surface area contributed by atoms with Crippen molar-refractivity contribution in [2.75, 3.05) is 11.5 Å². The van der Waals surface area contributed by atoms with E-state index in [4.69, 9.17) is 11.5 Å². The van der Waals surface area contributed by atoms with Crippen molar-refractivity contribution in [3.05, 3.63) is 40.2 Å². The first-order chi connectivity index (χ1) is 8.04. The maximum Gasteiger partial charge on any atom is 0.253 e. The van der Waals surface area contributed by atoms with Gasteiger partial charge in [-0.2, -0.15) is 0 Å². The van der Waals surface area contributed by atoms with Gasteiger partial charge in [-0.25, -0.2) is 4.98 Å². The van der Waals surface area contributed by atoms with Crippen molar-refractivity contribution in [1.82, 2.24) is 9.97 Å². The van der Waals surface area contributed by atoms with E-state index in [-0.39, 0.29) is 11.4 Å². The van der Waals surface area contributed by atoms with Gasteiger partial charge >= 0.3 is 0 Å². The van der Waals surface area contributed by atoms with Crippen LogP contribution in [0.4, 0.5) is 11.5 Å². The molecule has 0 bridgehead atoms. The zero-order valence-corrected chi connectivity index (χ0v) is 10.0. The summed E-state index contributed by atoms with van der Waals surface area (Å²) in [4.78, 5) is 18.8. The average molecular weight is 248 g/mol. The number of rotatable bonds is 2. The van der Waals surface area contributed by atoms with Crippen molar-refractivity contribution < 1.29 is 0 Å². The molecule has 0 aliphatic heterocycles. The van der Waals surface area contributed by atoms with E-state index in [1.165, 1.54) is 17.8 Å².